The number of hydrogen-bond acceptors (Lipinski definition) is 4. The number of anilines is 1. The number of morpholine rings is 1. The average molecular weight is 368 g/mol. The molecule has 142 valence electrons. The fourth-order valence-electron chi connectivity index (χ4n) is 3.27. The van der Waals surface area contributed by atoms with Crippen molar-refractivity contribution in [3.05, 3.63) is 65.7 Å². The Morgan fingerprint density at radius 1 is 1.22 bits per heavy atom. The Morgan fingerprint density at radius 2 is 1.93 bits per heavy atom. The molecule has 27 heavy (non-hydrogen) atoms. The van der Waals surface area contributed by atoms with Gasteiger partial charge >= 0.3 is 0 Å². The highest BCUT2D eigenvalue weighted by Gasteiger charge is 2.33. The molecule has 2 unspecified atom stereocenters. The van der Waals surface area contributed by atoms with Crippen LogP contribution in [0.4, 0.5) is 5.69 Å². The molecule has 0 spiro atoms. The third kappa shape index (κ3) is 4.72. The van der Waals surface area contributed by atoms with Gasteiger partial charge in [0, 0.05) is 12.2 Å². The molecule has 1 aliphatic rings. The summed E-state index contributed by atoms with van der Waals surface area (Å²) in [6, 6.07) is 16.2. The Hall–Kier alpha value is -2.70. The molecular formula is C21H24N2O4. The predicted molar refractivity (Wildman–Crippen MR) is 102 cm³/mol. The van der Waals surface area contributed by atoms with Gasteiger partial charge in [0.05, 0.1) is 19.1 Å². The molecule has 1 saturated heterocycles. The van der Waals surface area contributed by atoms with Crippen LogP contribution < -0.4 is 5.32 Å². The normalized spacial score (nSPS) is 18.2. The topological polar surface area (TPSA) is 78.9 Å². The smallest absolute Gasteiger partial charge is 0.248 e. The molecule has 3 rings (SSSR count). The summed E-state index contributed by atoms with van der Waals surface area (Å²) in [6.45, 7) is 2.77. The molecule has 0 bridgehead atoms. The fraction of sp³-hybridized carbons (Fsp3) is 0.333. The molecule has 2 atom stereocenters. The molecule has 2 N–H and O–H groups in total. The van der Waals surface area contributed by atoms with Crippen LogP contribution in [0.25, 0.3) is 0 Å². The van der Waals surface area contributed by atoms with Crippen molar-refractivity contribution >= 4 is 17.5 Å². The quantitative estimate of drug-likeness (QED) is 0.819. The average Bonchev–Trinajstić information content (AvgIpc) is 2.68. The number of carbonyl (C=O) groups excluding carboxylic acids is 2. The Balaban J connectivity index is 1.62. The number of ether oxygens (including phenoxy) is 1. The molecule has 0 saturated carbocycles. The van der Waals surface area contributed by atoms with Crippen molar-refractivity contribution in [3.8, 4) is 0 Å². The van der Waals surface area contributed by atoms with Gasteiger partial charge in [-0.2, -0.15) is 0 Å². The Labute approximate surface area is 158 Å². The van der Waals surface area contributed by atoms with E-state index in [0.29, 0.717) is 30.8 Å². The maximum atomic E-state index is 12.1. The van der Waals surface area contributed by atoms with E-state index in [0.717, 1.165) is 5.56 Å². The number of carbonyl (C=O) groups is 2. The first kappa shape index (κ1) is 19.1. The molecule has 2 aromatic rings. The molecular weight excluding hydrogens is 344 g/mol. The minimum atomic E-state index is -0.844. The molecule has 1 heterocycles. The molecule has 0 aromatic heterocycles. The third-order valence-corrected chi connectivity index (χ3v) is 4.68. The van der Waals surface area contributed by atoms with E-state index in [1.165, 1.54) is 0 Å². The van der Waals surface area contributed by atoms with Crippen LogP contribution in [-0.4, -0.2) is 47.6 Å². The zero-order valence-corrected chi connectivity index (χ0v) is 15.3. The van der Waals surface area contributed by atoms with Crippen LogP contribution >= 0.6 is 0 Å². The van der Waals surface area contributed by atoms with Crippen molar-refractivity contribution in [2.75, 3.05) is 25.1 Å². The van der Waals surface area contributed by atoms with Crippen molar-refractivity contribution in [2.24, 2.45) is 0 Å². The highest BCUT2D eigenvalue weighted by Crippen LogP contribution is 2.25. The monoisotopic (exact) mass is 368 g/mol. The van der Waals surface area contributed by atoms with Crippen molar-refractivity contribution in [3.63, 3.8) is 0 Å². The van der Waals surface area contributed by atoms with Gasteiger partial charge in [0.25, 0.3) is 0 Å². The van der Waals surface area contributed by atoms with E-state index < -0.39 is 12.1 Å². The van der Waals surface area contributed by atoms with Gasteiger partial charge in [-0.25, -0.2) is 0 Å². The van der Waals surface area contributed by atoms with Crippen LogP contribution in [0.2, 0.25) is 0 Å². The summed E-state index contributed by atoms with van der Waals surface area (Å²) >= 11 is 0. The first-order valence-electron chi connectivity index (χ1n) is 9.07. The minimum absolute atomic E-state index is 0.0590. The minimum Gasteiger partial charge on any atom is -0.386 e. The summed E-state index contributed by atoms with van der Waals surface area (Å²) in [5.41, 5.74) is 2.29. The number of rotatable bonds is 6. The summed E-state index contributed by atoms with van der Waals surface area (Å²) in [4.78, 5) is 25.7. The number of nitrogens with zero attached hydrogens (tertiary/aromatic N) is 1. The number of nitrogens with one attached hydrogen (secondary N) is 1. The molecule has 0 aliphatic carbocycles. The van der Waals surface area contributed by atoms with Gasteiger partial charge in [-0.05, 0) is 30.2 Å². The lowest BCUT2D eigenvalue weighted by Gasteiger charge is -2.37. The Bertz CT molecular complexity index is 777. The summed E-state index contributed by atoms with van der Waals surface area (Å²) in [6.07, 6.45) is -0.540. The fourth-order valence-corrected chi connectivity index (χ4v) is 3.27. The van der Waals surface area contributed by atoms with E-state index in [1.54, 1.807) is 29.2 Å². The lowest BCUT2D eigenvalue weighted by atomic mass is 10.00. The largest absolute Gasteiger partial charge is 0.386 e. The van der Waals surface area contributed by atoms with Crippen LogP contribution in [0.3, 0.4) is 0 Å². The standard InChI is InChI=1S/C21H24N2O4/c1-2-23-18(13-27-14-20(23)25)21(26)16-8-10-17(11-9-16)22-19(24)12-15-6-4-3-5-7-15/h3-11,18,21,26H,2,12-14H2,1H3,(H,22,24). The van der Waals surface area contributed by atoms with Crippen molar-refractivity contribution < 1.29 is 19.4 Å². The SMILES string of the molecule is CCN1C(=O)COCC1C(O)c1ccc(NC(=O)Cc2ccccc2)cc1. The number of aliphatic hydroxyl groups is 1. The molecule has 0 radical (unpaired) electrons. The summed E-state index contributed by atoms with van der Waals surface area (Å²) < 4.78 is 5.29. The summed E-state index contributed by atoms with van der Waals surface area (Å²) in [7, 11) is 0. The van der Waals surface area contributed by atoms with E-state index in [-0.39, 0.29) is 18.4 Å². The van der Waals surface area contributed by atoms with Crippen LogP contribution in [0.1, 0.15) is 24.2 Å². The number of benzene rings is 2. The maximum Gasteiger partial charge on any atom is 0.248 e. The Morgan fingerprint density at radius 3 is 2.59 bits per heavy atom. The van der Waals surface area contributed by atoms with Crippen LogP contribution in [0.5, 0.6) is 0 Å². The Kier molecular flexibility index (Phi) is 6.21. The van der Waals surface area contributed by atoms with Crippen molar-refractivity contribution in [1.82, 2.24) is 4.90 Å². The number of amides is 2. The lowest BCUT2D eigenvalue weighted by molar-refractivity contribution is -0.153. The number of likely N-dealkylation sites (N-methyl/N-ethyl adjacent to an activating group) is 1. The number of aliphatic hydroxyl groups excluding tert-OH is 1. The van der Waals surface area contributed by atoms with Gasteiger partial charge in [0.15, 0.2) is 0 Å². The first-order valence-corrected chi connectivity index (χ1v) is 9.07. The molecule has 6 heteroatoms. The van der Waals surface area contributed by atoms with E-state index in [1.807, 2.05) is 37.3 Å². The second-order valence-corrected chi connectivity index (χ2v) is 6.54. The van der Waals surface area contributed by atoms with Gasteiger partial charge in [0.2, 0.25) is 11.8 Å². The van der Waals surface area contributed by atoms with Gasteiger partial charge in [0.1, 0.15) is 12.7 Å². The molecule has 1 fully saturated rings. The van der Waals surface area contributed by atoms with Gasteiger partial charge in [-0.15, -0.1) is 0 Å². The lowest BCUT2D eigenvalue weighted by Crippen LogP contribution is -2.51. The second-order valence-electron chi connectivity index (χ2n) is 6.54. The predicted octanol–water partition coefficient (Wildman–Crippen LogP) is 2.15. The molecule has 2 aromatic carbocycles. The first-order chi connectivity index (χ1) is 13.1. The van der Waals surface area contributed by atoms with E-state index in [9.17, 15) is 14.7 Å². The molecule has 6 nitrogen and oxygen atoms in total. The van der Waals surface area contributed by atoms with Crippen LogP contribution in [0.15, 0.2) is 54.6 Å². The van der Waals surface area contributed by atoms with Crippen LogP contribution in [-0.2, 0) is 20.7 Å². The zero-order chi connectivity index (χ0) is 19.2. The van der Waals surface area contributed by atoms with E-state index in [4.69, 9.17) is 4.74 Å². The van der Waals surface area contributed by atoms with Gasteiger partial charge in [-0.3, -0.25) is 9.59 Å². The van der Waals surface area contributed by atoms with Crippen molar-refractivity contribution in [2.45, 2.75) is 25.5 Å². The highest BCUT2D eigenvalue weighted by atomic mass is 16.5. The van der Waals surface area contributed by atoms with Crippen molar-refractivity contribution in [1.29, 1.82) is 0 Å². The third-order valence-electron chi connectivity index (χ3n) is 4.68. The molecule has 1 aliphatic heterocycles. The summed E-state index contributed by atoms with van der Waals surface area (Å²) in [5, 5.41) is 13.5. The van der Waals surface area contributed by atoms with E-state index >= 15 is 0 Å². The van der Waals surface area contributed by atoms with Crippen LogP contribution in [0, 0.1) is 0 Å². The summed E-state index contributed by atoms with van der Waals surface area (Å²) in [5.74, 6) is -0.212. The number of hydrogen-bond donors (Lipinski definition) is 2. The highest BCUT2D eigenvalue weighted by molar-refractivity contribution is 5.92. The van der Waals surface area contributed by atoms with Gasteiger partial charge in [-0.1, -0.05) is 42.5 Å². The molecule has 2 amide bonds. The zero-order valence-electron chi connectivity index (χ0n) is 15.3. The van der Waals surface area contributed by atoms with Gasteiger partial charge < -0.3 is 20.1 Å². The maximum absolute atomic E-state index is 12.1. The second kappa shape index (κ2) is 8.79. The van der Waals surface area contributed by atoms with E-state index in [2.05, 4.69) is 5.32 Å².